The quantitative estimate of drug-likeness (QED) is 0.118. The van der Waals surface area contributed by atoms with Crippen LogP contribution in [0.15, 0.2) is 69.6 Å². The number of methoxy groups -OCH3 is 1. The highest BCUT2D eigenvalue weighted by atomic mass is 127. The Bertz CT molecular complexity index is 2020. The second-order valence-electron chi connectivity index (χ2n) is 10.1. The van der Waals surface area contributed by atoms with Gasteiger partial charge in [-0.3, -0.25) is 9.36 Å². The van der Waals surface area contributed by atoms with Gasteiger partial charge in [-0.2, -0.15) is 0 Å². The van der Waals surface area contributed by atoms with Crippen LogP contribution < -0.4 is 24.4 Å². The van der Waals surface area contributed by atoms with Crippen LogP contribution in [-0.4, -0.2) is 24.3 Å². The van der Waals surface area contributed by atoms with E-state index < -0.39 is 12.0 Å². The lowest BCUT2D eigenvalue weighted by molar-refractivity contribution is -0.139. The van der Waals surface area contributed by atoms with Gasteiger partial charge in [0, 0.05) is 26.2 Å². The zero-order chi connectivity index (χ0) is 33.1. The number of carbonyl (C=O) groups excluding carboxylic acids is 1. The van der Waals surface area contributed by atoms with Crippen molar-refractivity contribution in [2.45, 2.75) is 39.3 Å². The average molecular weight is 924 g/mol. The molecule has 13 heteroatoms. The van der Waals surface area contributed by atoms with Gasteiger partial charge < -0.3 is 14.2 Å². The SMILES string of the molecule is CCCC1=C(C(=O)OCC)[C@@H](c2cc(Cl)ccc2OC)n2c(s/c(=C/c3cc(I)c(OCc4ccc(Cl)cc4Cl)c(I)c3)c2=O)=N1. The average Bonchev–Trinajstić information content (AvgIpc) is 3.31. The van der Waals surface area contributed by atoms with Crippen molar-refractivity contribution in [3.63, 3.8) is 0 Å². The lowest BCUT2D eigenvalue weighted by Crippen LogP contribution is -2.40. The predicted molar refractivity (Wildman–Crippen MR) is 200 cm³/mol. The number of nitrogens with zero attached hydrogens (tertiary/aromatic N) is 2. The van der Waals surface area contributed by atoms with Gasteiger partial charge in [-0.15, -0.1) is 0 Å². The largest absolute Gasteiger partial charge is 0.496 e. The number of carbonyl (C=O) groups is 1. The third-order valence-corrected chi connectivity index (χ3v) is 10.5. The maximum Gasteiger partial charge on any atom is 0.338 e. The van der Waals surface area contributed by atoms with Crippen LogP contribution in [0.25, 0.3) is 6.08 Å². The Balaban J connectivity index is 1.62. The number of esters is 1. The molecule has 0 amide bonds. The number of aromatic nitrogens is 1. The van der Waals surface area contributed by atoms with Crippen molar-refractivity contribution in [3.05, 3.63) is 118 Å². The molecule has 1 aliphatic rings. The summed E-state index contributed by atoms with van der Waals surface area (Å²) in [4.78, 5) is 33.0. The number of fused-ring (bicyclic) bond motifs is 1. The number of allylic oxidation sites excluding steroid dienone is 1. The van der Waals surface area contributed by atoms with Crippen LogP contribution in [0.5, 0.6) is 11.5 Å². The second kappa shape index (κ2) is 15.4. The van der Waals surface area contributed by atoms with Crippen LogP contribution in [0.4, 0.5) is 0 Å². The zero-order valence-electron chi connectivity index (χ0n) is 24.8. The summed E-state index contributed by atoms with van der Waals surface area (Å²) in [5.41, 5.74) is 2.78. The molecule has 0 saturated carbocycles. The molecule has 3 aromatic carbocycles. The summed E-state index contributed by atoms with van der Waals surface area (Å²) in [6, 6.07) is 13.5. The van der Waals surface area contributed by atoms with Crippen molar-refractivity contribution < 1.29 is 19.0 Å². The number of hydrogen-bond acceptors (Lipinski definition) is 7. The third-order valence-electron chi connectivity index (χ3n) is 7.08. The van der Waals surface area contributed by atoms with E-state index in [2.05, 4.69) is 45.2 Å². The maximum absolute atomic E-state index is 14.2. The van der Waals surface area contributed by atoms with E-state index in [0.717, 1.165) is 24.7 Å². The Morgan fingerprint density at radius 1 is 1.04 bits per heavy atom. The fourth-order valence-corrected chi connectivity index (χ4v) is 8.87. The molecule has 4 aromatic rings. The number of rotatable bonds is 10. The maximum atomic E-state index is 14.2. The van der Waals surface area contributed by atoms with Crippen LogP contribution in [0, 0.1) is 7.14 Å². The third kappa shape index (κ3) is 7.46. The van der Waals surface area contributed by atoms with E-state index >= 15 is 0 Å². The predicted octanol–water partition coefficient (Wildman–Crippen LogP) is 8.34. The van der Waals surface area contributed by atoms with Crippen molar-refractivity contribution in [3.8, 4) is 11.5 Å². The molecule has 240 valence electrons. The molecule has 7 nitrogen and oxygen atoms in total. The normalized spacial score (nSPS) is 14.6. The van der Waals surface area contributed by atoms with Gasteiger partial charge in [0.1, 0.15) is 24.1 Å². The van der Waals surface area contributed by atoms with E-state index in [-0.39, 0.29) is 18.8 Å². The molecule has 1 aliphatic heterocycles. The summed E-state index contributed by atoms with van der Waals surface area (Å²) >= 11 is 24.5. The summed E-state index contributed by atoms with van der Waals surface area (Å²) in [7, 11) is 1.54. The van der Waals surface area contributed by atoms with Crippen LogP contribution in [-0.2, 0) is 16.1 Å². The second-order valence-corrected chi connectivity index (χ2v) is 14.8. The minimum Gasteiger partial charge on any atom is -0.496 e. The van der Waals surface area contributed by atoms with E-state index in [9.17, 15) is 9.59 Å². The van der Waals surface area contributed by atoms with Gasteiger partial charge in [0.2, 0.25) is 0 Å². The van der Waals surface area contributed by atoms with Crippen molar-refractivity contribution in [1.29, 1.82) is 0 Å². The summed E-state index contributed by atoms with van der Waals surface area (Å²) in [5, 5.41) is 1.54. The monoisotopic (exact) mass is 922 g/mol. The minimum atomic E-state index is -0.844. The standard InChI is InChI=1S/C33H27Cl3I2N2O5S/c1-4-6-25-28(32(42)44-5-2)29(21-14-19(34)9-10-26(21)43-3)40-31(41)27(46-33(40)39-25)13-17-11-23(37)30(24(38)12-17)45-16-18-7-8-20(35)15-22(18)36/h7-15,29H,4-6,16H2,1-3H3/b27-13+/t29-/m1/s1. The highest BCUT2D eigenvalue weighted by Crippen LogP contribution is 2.38. The Morgan fingerprint density at radius 2 is 1.74 bits per heavy atom. The Labute approximate surface area is 312 Å². The van der Waals surface area contributed by atoms with Crippen LogP contribution in [0.1, 0.15) is 49.4 Å². The number of thiazole rings is 1. The number of benzene rings is 3. The summed E-state index contributed by atoms with van der Waals surface area (Å²) in [6.07, 6.45) is 3.09. The number of hydrogen-bond donors (Lipinski definition) is 0. The van der Waals surface area contributed by atoms with E-state index in [0.29, 0.717) is 59.2 Å². The smallest absolute Gasteiger partial charge is 0.338 e. The first-order valence-electron chi connectivity index (χ1n) is 14.2. The van der Waals surface area contributed by atoms with E-state index in [4.69, 9.17) is 54.0 Å². The van der Waals surface area contributed by atoms with Crippen molar-refractivity contribution >= 4 is 103 Å². The first-order chi connectivity index (χ1) is 22.1. The van der Waals surface area contributed by atoms with Crippen molar-refractivity contribution in [2.24, 2.45) is 4.99 Å². The topological polar surface area (TPSA) is 79.1 Å². The summed E-state index contributed by atoms with van der Waals surface area (Å²) in [5.74, 6) is 0.667. The molecular weight excluding hydrogens is 897 g/mol. The molecule has 0 aliphatic carbocycles. The molecule has 2 heterocycles. The summed E-state index contributed by atoms with van der Waals surface area (Å²) < 4.78 is 21.0. The molecule has 0 fully saturated rings. The van der Waals surface area contributed by atoms with Crippen molar-refractivity contribution in [2.75, 3.05) is 13.7 Å². The first kappa shape index (κ1) is 35.2. The minimum absolute atomic E-state index is 0.176. The molecule has 1 aromatic heterocycles. The molecule has 0 spiro atoms. The van der Waals surface area contributed by atoms with E-state index in [1.165, 1.54) is 18.4 Å². The Kier molecular flexibility index (Phi) is 11.8. The Morgan fingerprint density at radius 3 is 2.39 bits per heavy atom. The molecular formula is C33H27Cl3I2N2O5S. The zero-order valence-corrected chi connectivity index (χ0v) is 32.2. The molecule has 5 rings (SSSR count). The van der Waals surface area contributed by atoms with Crippen LogP contribution >= 0.6 is 91.3 Å². The molecule has 0 radical (unpaired) electrons. The molecule has 0 N–H and O–H groups in total. The first-order valence-corrected chi connectivity index (χ1v) is 18.3. The molecule has 1 atom stereocenters. The van der Waals surface area contributed by atoms with Crippen LogP contribution in [0.2, 0.25) is 15.1 Å². The van der Waals surface area contributed by atoms with Gasteiger partial charge in [-0.25, -0.2) is 9.79 Å². The van der Waals surface area contributed by atoms with Crippen molar-refractivity contribution in [1.82, 2.24) is 4.57 Å². The number of halogens is 5. The fourth-order valence-electron chi connectivity index (χ4n) is 5.07. The van der Waals surface area contributed by atoms with Gasteiger partial charge in [-0.1, -0.05) is 65.6 Å². The van der Waals surface area contributed by atoms with Gasteiger partial charge in [-0.05, 0) is 113 Å². The molecule has 0 unspecified atom stereocenters. The van der Waals surface area contributed by atoms with Gasteiger partial charge in [0.25, 0.3) is 5.56 Å². The van der Waals surface area contributed by atoms with Gasteiger partial charge in [0.05, 0.1) is 36.7 Å². The molecule has 46 heavy (non-hydrogen) atoms. The highest BCUT2D eigenvalue weighted by molar-refractivity contribution is 14.1. The van der Waals surface area contributed by atoms with Gasteiger partial charge in [0.15, 0.2) is 4.80 Å². The molecule has 0 bridgehead atoms. The molecule has 0 saturated heterocycles. The Hall–Kier alpha value is -2.10. The lowest BCUT2D eigenvalue weighted by Gasteiger charge is -2.27. The lowest BCUT2D eigenvalue weighted by atomic mass is 9.93. The van der Waals surface area contributed by atoms with Gasteiger partial charge >= 0.3 is 5.97 Å². The van der Waals surface area contributed by atoms with E-state index in [1.807, 2.05) is 31.2 Å². The highest BCUT2D eigenvalue weighted by Gasteiger charge is 2.36. The van der Waals surface area contributed by atoms with E-state index in [1.54, 1.807) is 41.8 Å². The summed E-state index contributed by atoms with van der Waals surface area (Å²) in [6.45, 7) is 4.20. The van der Waals surface area contributed by atoms with Crippen LogP contribution in [0.3, 0.4) is 0 Å². The number of ether oxygens (including phenoxy) is 3. The fraction of sp³-hybridized carbons (Fsp3) is 0.242.